The number of nitrogens with zero attached hydrogens (tertiary/aromatic N) is 1. The predicted octanol–water partition coefficient (Wildman–Crippen LogP) is 4.69. The van der Waals surface area contributed by atoms with Crippen molar-refractivity contribution >= 4 is 11.9 Å². The lowest BCUT2D eigenvalue weighted by atomic mass is 9.85. The van der Waals surface area contributed by atoms with Crippen LogP contribution in [0.4, 0.5) is 13.2 Å². The van der Waals surface area contributed by atoms with Gasteiger partial charge in [0.1, 0.15) is 0 Å². The van der Waals surface area contributed by atoms with Crippen LogP contribution in [0.15, 0.2) is 0 Å². The Morgan fingerprint density at radius 1 is 0.969 bits per heavy atom. The Kier molecular flexibility index (Phi) is 7.52. The Morgan fingerprint density at radius 2 is 1.56 bits per heavy atom. The molecule has 2 heterocycles. The number of halogens is 3. The SMILES string of the molecule is CC1CCC(C2(C)CC2)N(C(=O)C(=O)OCC(F)(F)F)C1.CC1CCC(C2(C)CC2)NC1. The largest absolute Gasteiger partial charge is 0.449 e. The number of nitrogens with one attached hydrogen (secondary N) is 1. The summed E-state index contributed by atoms with van der Waals surface area (Å²) in [7, 11) is 0. The monoisotopic (exact) mass is 460 g/mol. The van der Waals surface area contributed by atoms with Gasteiger partial charge in [-0.25, -0.2) is 4.79 Å². The number of rotatable bonds is 3. The summed E-state index contributed by atoms with van der Waals surface area (Å²) >= 11 is 0. The van der Waals surface area contributed by atoms with E-state index < -0.39 is 24.7 Å². The first-order valence-corrected chi connectivity index (χ1v) is 12.1. The first-order chi connectivity index (χ1) is 14.8. The molecule has 4 rings (SSSR count). The van der Waals surface area contributed by atoms with Gasteiger partial charge in [0.05, 0.1) is 0 Å². The topological polar surface area (TPSA) is 58.6 Å². The van der Waals surface area contributed by atoms with E-state index in [0.717, 1.165) is 37.6 Å². The van der Waals surface area contributed by atoms with Crippen LogP contribution in [0.3, 0.4) is 0 Å². The molecule has 1 amide bonds. The van der Waals surface area contributed by atoms with Gasteiger partial charge in [-0.15, -0.1) is 0 Å². The van der Waals surface area contributed by atoms with E-state index in [1.807, 2.05) is 6.92 Å². The average Bonchev–Trinajstić information content (AvgIpc) is 3.65. The maximum atomic E-state index is 12.1. The number of hydrogen-bond acceptors (Lipinski definition) is 4. The lowest BCUT2D eigenvalue weighted by Crippen LogP contribution is -2.52. The van der Waals surface area contributed by atoms with Crippen LogP contribution in [0.5, 0.6) is 0 Å². The van der Waals surface area contributed by atoms with Crippen molar-refractivity contribution in [2.75, 3.05) is 19.7 Å². The van der Waals surface area contributed by atoms with Gasteiger partial charge in [-0.1, -0.05) is 27.7 Å². The molecule has 5 nitrogen and oxygen atoms in total. The molecule has 0 aromatic heterocycles. The molecule has 32 heavy (non-hydrogen) atoms. The molecular weight excluding hydrogens is 421 g/mol. The second-order valence-electron chi connectivity index (χ2n) is 11.3. The van der Waals surface area contributed by atoms with Gasteiger partial charge >= 0.3 is 18.1 Å². The van der Waals surface area contributed by atoms with Crippen LogP contribution in [-0.4, -0.2) is 54.7 Å². The zero-order chi connectivity index (χ0) is 23.7. The molecule has 1 N–H and O–H groups in total. The Balaban J connectivity index is 0.000000219. The van der Waals surface area contributed by atoms with Crippen molar-refractivity contribution in [3.05, 3.63) is 0 Å². The summed E-state index contributed by atoms with van der Waals surface area (Å²) in [5, 5.41) is 3.67. The molecule has 8 heteroatoms. The number of amides is 1. The Hall–Kier alpha value is -1.31. The average molecular weight is 461 g/mol. The lowest BCUT2D eigenvalue weighted by Gasteiger charge is -2.41. The number of piperidine rings is 2. The molecule has 2 aliphatic heterocycles. The molecule has 4 fully saturated rings. The highest BCUT2D eigenvalue weighted by Gasteiger charge is 2.51. The van der Waals surface area contributed by atoms with Crippen molar-refractivity contribution in [2.24, 2.45) is 22.7 Å². The van der Waals surface area contributed by atoms with Crippen LogP contribution in [0.1, 0.15) is 79.1 Å². The minimum atomic E-state index is -4.62. The molecule has 0 aromatic rings. The van der Waals surface area contributed by atoms with Crippen LogP contribution in [-0.2, 0) is 14.3 Å². The maximum absolute atomic E-state index is 12.1. The summed E-state index contributed by atoms with van der Waals surface area (Å²) in [5.41, 5.74) is 0.695. The number of ether oxygens (including phenoxy) is 1. The fourth-order valence-electron chi connectivity index (χ4n) is 5.10. The zero-order valence-electron chi connectivity index (χ0n) is 19.9. The number of hydrogen-bond donors (Lipinski definition) is 1. The normalized spacial score (nSPS) is 32.9. The standard InChI is InChI=1S/C14H20F3NO3.C10H19N/c1-9-3-4-10(13(2)5-6-13)18(7-9)11(19)12(20)21-8-14(15,16)17;1-8-3-4-9(11-7-8)10(2)5-6-10/h9-10H,3-8H2,1-2H3;8-9,11H,3-7H2,1-2H3. The lowest BCUT2D eigenvalue weighted by molar-refractivity contribution is -0.190. The highest BCUT2D eigenvalue weighted by atomic mass is 19.4. The van der Waals surface area contributed by atoms with E-state index in [9.17, 15) is 22.8 Å². The number of alkyl halides is 3. The summed E-state index contributed by atoms with van der Waals surface area (Å²) in [6.45, 7) is 8.73. The number of esters is 1. The van der Waals surface area contributed by atoms with Crippen molar-refractivity contribution in [3.8, 4) is 0 Å². The molecule has 2 saturated carbocycles. The van der Waals surface area contributed by atoms with E-state index in [4.69, 9.17) is 0 Å². The first kappa shape index (κ1) is 25.3. The van der Waals surface area contributed by atoms with E-state index in [-0.39, 0.29) is 17.4 Å². The Bertz CT molecular complexity index is 680. The third-order valence-corrected chi connectivity index (χ3v) is 8.00. The molecular formula is C24H39F3N2O3. The Morgan fingerprint density at radius 3 is 2.06 bits per heavy atom. The fraction of sp³-hybridized carbons (Fsp3) is 0.917. The van der Waals surface area contributed by atoms with Gasteiger partial charge in [-0.05, 0) is 80.6 Å². The zero-order valence-corrected chi connectivity index (χ0v) is 19.9. The van der Waals surface area contributed by atoms with Crippen LogP contribution in [0.25, 0.3) is 0 Å². The van der Waals surface area contributed by atoms with E-state index in [1.54, 1.807) is 0 Å². The molecule has 4 atom stereocenters. The van der Waals surface area contributed by atoms with Gasteiger partial charge in [-0.2, -0.15) is 13.2 Å². The van der Waals surface area contributed by atoms with Crippen molar-refractivity contribution in [1.82, 2.24) is 10.2 Å². The van der Waals surface area contributed by atoms with Gasteiger partial charge in [0.25, 0.3) is 0 Å². The second kappa shape index (κ2) is 9.51. The smallest absolute Gasteiger partial charge is 0.422 e. The van der Waals surface area contributed by atoms with Gasteiger partial charge in [0.15, 0.2) is 6.61 Å². The molecule has 0 aromatic carbocycles. The maximum Gasteiger partial charge on any atom is 0.422 e. The summed E-state index contributed by atoms with van der Waals surface area (Å²) in [6.07, 6.45) is 4.86. The summed E-state index contributed by atoms with van der Waals surface area (Å²) in [6, 6.07) is 0.776. The van der Waals surface area contributed by atoms with E-state index >= 15 is 0 Å². The summed E-state index contributed by atoms with van der Waals surface area (Å²) in [4.78, 5) is 25.1. The second-order valence-corrected chi connectivity index (χ2v) is 11.3. The fourth-order valence-corrected chi connectivity index (χ4v) is 5.10. The summed E-state index contributed by atoms with van der Waals surface area (Å²) in [5.74, 6) is -1.20. The third-order valence-electron chi connectivity index (χ3n) is 8.00. The predicted molar refractivity (Wildman–Crippen MR) is 116 cm³/mol. The minimum Gasteiger partial charge on any atom is -0.449 e. The molecule has 2 aliphatic carbocycles. The van der Waals surface area contributed by atoms with E-state index in [2.05, 4.69) is 30.8 Å². The van der Waals surface area contributed by atoms with Crippen LogP contribution < -0.4 is 5.32 Å². The quantitative estimate of drug-likeness (QED) is 0.490. The van der Waals surface area contributed by atoms with E-state index in [1.165, 1.54) is 37.1 Å². The molecule has 4 unspecified atom stereocenters. The molecule has 0 radical (unpaired) electrons. The third kappa shape index (κ3) is 6.61. The Labute approximate surface area is 189 Å². The number of carbonyl (C=O) groups excluding carboxylic acids is 2. The number of carbonyl (C=O) groups is 2. The van der Waals surface area contributed by atoms with Crippen LogP contribution in [0, 0.1) is 22.7 Å². The van der Waals surface area contributed by atoms with Crippen molar-refractivity contribution in [3.63, 3.8) is 0 Å². The van der Waals surface area contributed by atoms with Crippen LogP contribution in [0.2, 0.25) is 0 Å². The first-order valence-electron chi connectivity index (χ1n) is 12.1. The van der Waals surface area contributed by atoms with Crippen LogP contribution >= 0.6 is 0 Å². The van der Waals surface area contributed by atoms with Crippen molar-refractivity contribution in [2.45, 2.75) is 97.3 Å². The molecule has 2 saturated heterocycles. The van der Waals surface area contributed by atoms with Gasteiger partial charge in [0, 0.05) is 18.6 Å². The molecule has 4 aliphatic rings. The highest BCUT2D eigenvalue weighted by Crippen LogP contribution is 2.53. The minimum absolute atomic E-state index is 0.000106. The van der Waals surface area contributed by atoms with Crippen molar-refractivity contribution < 1.29 is 27.5 Å². The summed E-state index contributed by atoms with van der Waals surface area (Å²) < 4.78 is 40.3. The molecule has 0 bridgehead atoms. The molecule has 0 spiro atoms. The molecule has 184 valence electrons. The van der Waals surface area contributed by atoms with Gasteiger partial charge in [-0.3, -0.25) is 4.79 Å². The van der Waals surface area contributed by atoms with Gasteiger partial charge < -0.3 is 15.0 Å². The van der Waals surface area contributed by atoms with Gasteiger partial charge in [0.2, 0.25) is 0 Å². The van der Waals surface area contributed by atoms with E-state index in [0.29, 0.717) is 12.0 Å². The number of likely N-dealkylation sites (tertiary alicyclic amines) is 1. The van der Waals surface area contributed by atoms with Crippen molar-refractivity contribution in [1.29, 1.82) is 0 Å². The highest BCUT2D eigenvalue weighted by molar-refractivity contribution is 6.32.